The minimum atomic E-state index is -0.393. The lowest BCUT2D eigenvalue weighted by Crippen LogP contribution is -2.18. The minimum Gasteiger partial charge on any atom is -0.342 e. The number of amides is 1. The fourth-order valence-corrected chi connectivity index (χ4v) is 3.68. The number of nitrogens with one attached hydrogen (secondary N) is 1. The third-order valence-electron chi connectivity index (χ3n) is 4.56. The number of benzene rings is 3. The van der Waals surface area contributed by atoms with Crippen LogP contribution in [-0.2, 0) is 6.54 Å². The number of hydrogen-bond donors (Lipinski definition) is 1. The molecule has 0 aliphatic heterocycles. The van der Waals surface area contributed by atoms with Crippen LogP contribution >= 0.6 is 23.2 Å². The molecule has 0 aliphatic rings. The van der Waals surface area contributed by atoms with E-state index in [9.17, 15) is 4.79 Å². The largest absolute Gasteiger partial charge is 0.342 e. The van der Waals surface area contributed by atoms with Crippen LogP contribution in [0.2, 0.25) is 10.0 Å². The molecule has 1 aromatic heterocycles. The van der Waals surface area contributed by atoms with Crippen LogP contribution in [0.3, 0.4) is 0 Å². The van der Waals surface area contributed by atoms with E-state index in [4.69, 9.17) is 23.2 Å². The van der Waals surface area contributed by atoms with E-state index in [0.717, 1.165) is 23.0 Å². The average molecular weight is 422 g/mol. The van der Waals surface area contributed by atoms with Gasteiger partial charge in [0, 0.05) is 34.2 Å². The Morgan fingerprint density at radius 3 is 2.55 bits per heavy atom. The maximum absolute atomic E-state index is 12.3. The van der Waals surface area contributed by atoms with E-state index in [1.165, 1.54) is 11.6 Å². The zero-order valence-corrected chi connectivity index (χ0v) is 16.9. The molecule has 6 heteroatoms. The number of rotatable bonds is 5. The van der Waals surface area contributed by atoms with Crippen molar-refractivity contribution in [1.82, 2.24) is 9.99 Å². The highest BCUT2D eigenvalue weighted by Gasteiger charge is 2.10. The second-order valence-electron chi connectivity index (χ2n) is 6.54. The van der Waals surface area contributed by atoms with Gasteiger partial charge in [0.05, 0.1) is 16.8 Å². The molecule has 0 radical (unpaired) electrons. The quantitative estimate of drug-likeness (QED) is 0.323. The van der Waals surface area contributed by atoms with Gasteiger partial charge in [0.1, 0.15) is 0 Å². The van der Waals surface area contributed by atoms with E-state index >= 15 is 0 Å². The molecule has 4 rings (SSSR count). The van der Waals surface area contributed by atoms with Crippen LogP contribution < -0.4 is 5.43 Å². The number of carbonyl (C=O) groups is 1. The van der Waals surface area contributed by atoms with E-state index in [1.54, 1.807) is 18.3 Å². The Bertz CT molecular complexity index is 1200. The minimum absolute atomic E-state index is 0.282. The number of para-hydroxylation sites is 1. The Labute approximate surface area is 178 Å². The number of hydrogen-bond acceptors (Lipinski definition) is 2. The van der Waals surface area contributed by atoms with Gasteiger partial charge in [-0.05, 0) is 29.8 Å². The van der Waals surface area contributed by atoms with Crippen molar-refractivity contribution in [3.8, 4) is 0 Å². The molecule has 1 heterocycles. The van der Waals surface area contributed by atoms with Crippen molar-refractivity contribution in [2.45, 2.75) is 6.54 Å². The first-order valence-electron chi connectivity index (χ1n) is 9.02. The maximum Gasteiger partial charge on any atom is 0.272 e. The molecule has 0 saturated heterocycles. The topological polar surface area (TPSA) is 46.4 Å². The van der Waals surface area contributed by atoms with E-state index in [2.05, 4.69) is 33.3 Å². The molecule has 0 aliphatic carbocycles. The molecule has 1 N–H and O–H groups in total. The second kappa shape index (κ2) is 8.52. The Hall–Kier alpha value is -3.08. The summed E-state index contributed by atoms with van der Waals surface area (Å²) in [5, 5.41) is 5.94. The van der Waals surface area contributed by atoms with Gasteiger partial charge in [-0.25, -0.2) is 5.43 Å². The summed E-state index contributed by atoms with van der Waals surface area (Å²) in [5.74, 6) is -0.393. The number of aromatic nitrogens is 1. The molecule has 0 atom stereocenters. The number of hydrazone groups is 1. The fraction of sp³-hybridized carbons (Fsp3) is 0.0435. The molecule has 1 amide bonds. The smallest absolute Gasteiger partial charge is 0.272 e. The first-order chi connectivity index (χ1) is 14.1. The third kappa shape index (κ3) is 4.34. The number of carbonyl (C=O) groups excluding carboxylic acids is 1. The van der Waals surface area contributed by atoms with Crippen molar-refractivity contribution < 1.29 is 4.79 Å². The monoisotopic (exact) mass is 421 g/mol. The van der Waals surface area contributed by atoms with Gasteiger partial charge in [-0.2, -0.15) is 5.10 Å². The number of halogens is 2. The molecule has 29 heavy (non-hydrogen) atoms. The van der Waals surface area contributed by atoms with Crippen LogP contribution in [-0.4, -0.2) is 16.7 Å². The molecule has 0 bridgehead atoms. The first-order valence-corrected chi connectivity index (χ1v) is 9.77. The third-order valence-corrected chi connectivity index (χ3v) is 5.11. The molecular weight excluding hydrogens is 405 g/mol. The molecule has 0 saturated carbocycles. The first kappa shape index (κ1) is 19.2. The molecule has 0 unspecified atom stereocenters. The fourth-order valence-electron chi connectivity index (χ4n) is 3.18. The summed E-state index contributed by atoms with van der Waals surface area (Å²) < 4.78 is 2.17. The number of nitrogens with zero attached hydrogens (tertiary/aromatic N) is 2. The molecule has 0 fully saturated rings. The summed E-state index contributed by atoms with van der Waals surface area (Å²) in [6.07, 6.45) is 3.67. The predicted molar refractivity (Wildman–Crippen MR) is 119 cm³/mol. The van der Waals surface area contributed by atoms with Crippen LogP contribution in [0.15, 0.2) is 84.1 Å². The van der Waals surface area contributed by atoms with Crippen LogP contribution in [0.25, 0.3) is 10.9 Å². The highest BCUT2D eigenvalue weighted by Crippen LogP contribution is 2.22. The summed E-state index contributed by atoms with van der Waals surface area (Å²) >= 11 is 12.0. The Balaban J connectivity index is 1.57. The van der Waals surface area contributed by atoms with Crippen LogP contribution in [0.4, 0.5) is 0 Å². The van der Waals surface area contributed by atoms with E-state index in [-0.39, 0.29) is 5.02 Å². The van der Waals surface area contributed by atoms with Gasteiger partial charge in [-0.3, -0.25) is 4.79 Å². The van der Waals surface area contributed by atoms with Gasteiger partial charge in [0.25, 0.3) is 5.91 Å². The molecule has 3 aromatic carbocycles. The summed E-state index contributed by atoms with van der Waals surface area (Å²) in [6.45, 7) is 0.752. The van der Waals surface area contributed by atoms with E-state index < -0.39 is 5.91 Å². The van der Waals surface area contributed by atoms with Crippen LogP contribution in [0.1, 0.15) is 21.5 Å². The van der Waals surface area contributed by atoms with Crippen molar-refractivity contribution in [1.29, 1.82) is 0 Å². The SMILES string of the molecule is O=C(N/N=C/c1cn(Cc2ccccc2)c2ccccc12)c1ccc(Cl)cc1Cl. The zero-order valence-electron chi connectivity index (χ0n) is 15.3. The molecule has 144 valence electrons. The molecule has 4 aromatic rings. The van der Waals surface area contributed by atoms with Crippen molar-refractivity contribution >= 4 is 46.2 Å². The maximum atomic E-state index is 12.3. The lowest BCUT2D eigenvalue weighted by atomic mass is 10.2. The predicted octanol–water partition coefficient (Wildman–Crippen LogP) is 5.76. The van der Waals surface area contributed by atoms with E-state index in [0.29, 0.717) is 10.6 Å². The van der Waals surface area contributed by atoms with Gasteiger partial charge in [0.2, 0.25) is 0 Å². The highest BCUT2D eigenvalue weighted by molar-refractivity contribution is 6.36. The van der Waals surface area contributed by atoms with Crippen molar-refractivity contribution in [2.24, 2.45) is 5.10 Å². The van der Waals surface area contributed by atoms with Crippen LogP contribution in [0, 0.1) is 0 Å². The van der Waals surface area contributed by atoms with Gasteiger partial charge in [-0.1, -0.05) is 71.7 Å². The van der Waals surface area contributed by atoms with Crippen molar-refractivity contribution in [2.75, 3.05) is 0 Å². The van der Waals surface area contributed by atoms with Gasteiger partial charge < -0.3 is 4.57 Å². The van der Waals surface area contributed by atoms with Gasteiger partial charge >= 0.3 is 0 Å². The summed E-state index contributed by atoms with van der Waals surface area (Å²) in [4.78, 5) is 12.3. The van der Waals surface area contributed by atoms with Crippen LogP contribution in [0.5, 0.6) is 0 Å². The van der Waals surface area contributed by atoms with Gasteiger partial charge in [-0.15, -0.1) is 0 Å². The van der Waals surface area contributed by atoms with Crippen molar-refractivity contribution in [3.63, 3.8) is 0 Å². The molecule has 0 spiro atoms. The lowest BCUT2D eigenvalue weighted by molar-refractivity contribution is 0.0955. The Morgan fingerprint density at radius 2 is 1.76 bits per heavy atom. The number of fused-ring (bicyclic) bond motifs is 1. The summed E-state index contributed by atoms with van der Waals surface area (Å²) in [7, 11) is 0. The summed E-state index contributed by atoms with van der Waals surface area (Å²) in [6, 6.07) is 23.1. The lowest BCUT2D eigenvalue weighted by Gasteiger charge is -2.05. The average Bonchev–Trinajstić information content (AvgIpc) is 3.06. The summed E-state index contributed by atoms with van der Waals surface area (Å²) in [5.41, 5.74) is 6.07. The highest BCUT2D eigenvalue weighted by atomic mass is 35.5. The normalized spacial score (nSPS) is 11.2. The Kier molecular flexibility index (Phi) is 5.65. The zero-order chi connectivity index (χ0) is 20.2. The van der Waals surface area contributed by atoms with Gasteiger partial charge in [0.15, 0.2) is 0 Å². The standard InChI is InChI=1S/C23H17Cl2N3O/c24-18-10-11-20(21(25)12-18)23(29)27-26-13-17-15-28(14-16-6-2-1-3-7-16)22-9-5-4-8-19(17)22/h1-13,15H,14H2,(H,27,29)/b26-13+. The molecular formula is C23H17Cl2N3O. The molecule has 4 nitrogen and oxygen atoms in total. The van der Waals surface area contributed by atoms with E-state index in [1.807, 2.05) is 42.6 Å². The second-order valence-corrected chi connectivity index (χ2v) is 7.38. The van der Waals surface area contributed by atoms with Crippen molar-refractivity contribution in [3.05, 3.63) is 106 Å². The Morgan fingerprint density at radius 1 is 1.00 bits per heavy atom.